The molecular weight excluding hydrogens is 263 g/mol. The molecule has 0 saturated carbocycles. The normalized spacial score (nSPS) is 13.1. The van der Waals surface area contributed by atoms with E-state index in [0.717, 1.165) is 12.1 Å². The predicted molar refractivity (Wildman–Crippen MR) is 64.8 cm³/mol. The third-order valence-electron chi connectivity index (χ3n) is 2.17. The summed E-state index contributed by atoms with van der Waals surface area (Å²) in [5.41, 5.74) is 0.194. The maximum absolute atomic E-state index is 13.2. The molecule has 2 N–H and O–H groups in total. The van der Waals surface area contributed by atoms with Crippen molar-refractivity contribution in [1.29, 1.82) is 0 Å². The van der Waals surface area contributed by atoms with Gasteiger partial charge in [-0.05, 0) is 12.7 Å². The standard InChI is InChI=1S/C11H14F2NO3P/c1-18-14-10(11(15)16)6-17-5-7-2-3-8(12)4-9(7)13/h2-4,10,14,18H,5-6H2,1H3,(H,15,16). The van der Waals surface area contributed by atoms with Crippen LogP contribution in [0.4, 0.5) is 8.78 Å². The molecule has 0 amide bonds. The number of aliphatic carboxylic acids is 1. The predicted octanol–water partition coefficient (Wildman–Crippen LogP) is 1.75. The summed E-state index contributed by atoms with van der Waals surface area (Å²) in [6.07, 6.45) is 0. The first kappa shape index (κ1) is 15.0. The molecule has 0 aliphatic heterocycles. The van der Waals surface area contributed by atoms with Crippen molar-refractivity contribution in [1.82, 2.24) is 5.09 Å². The van der Waals surface area contributed by atoms with Gasteiger partial charge in [0.1, 0.15) is 17.7 Å². The Labute approximate surface area is 105 Å². The highest BCUT2D eigenvalue weighted by molar-refractivity contribution is 7.34. The zero-order chi connectivity index (χ0) is 13.5. The molecule has 1 aromatic rings. The van der Waals surface area contributed by atoms with E-state index in [2.05, 4.69) is 5.09 Å². The van der Waals surface area contributed by atoms with Gasteiger partial charge in [-0.3, -0.25) is 9.88 Å². The van der Waals surface area contributed by atoms with Gasteiger partial charge in [-0.25, -0.2) is 8.78 Å². The number of hydrogen-bond acceptors (Lipinski definition) is 3. The molecule has 0 bridgehead atoms. The first-order valence-electron chi connectivity index (χ1n) is 5.21. The quantitative estimate of drug-likeness (QED) is 0.745. The summed E-state index contributed by atoms with van der Waals surface area (Å²) in [4.78, 5) is 10.8. The van der Waals surface area contributed by atoms with Gasteiger partial charge in [-0.15, -0.1) is 0 Å². The zero-order valence-corrected chi connectivity index (χ0v) is 10.7. The van der Waals surface area contributed by atoms with Gasteiger partial charge in [-0.2, -0.15) is 0 Å². The van der Waals surface area contributed by atoms with E-state index in [1.807, 2.05) is 0 Å². The van der Waals surface area contributed by atoms with Gasteiger partial charge >= 0.3 is 5.97 Å². The lowest BCUT2D eigenvalue weighted by atomic mass is 10.2. The Hall–Kier alpha value is -1.10. The zero-order valence-electron chi connectivity index (χ0n) is 9.74. The Morgan fingerprint density at radius 3 is 2.83 bits per heavy atom. The summed E-state index contributed by atoms with van der Waals surface area (Å²) in [5, 5.41) is 11.6. The molecule has 0 fully saturated rings. The Bertz CT molecular complexity index is 417. The fourth-order valence-corrected chi connectivity index (χ4v) is 1.83. The second-order valence-electron chi connectivity index (χ2n) is 3.54. The summed E-state index contributed by atoms with van der Waals surface area (Å²) in [7, 11) is 0.270. The lowest BCUT2D eigenvalue weighted by Gasteiger charge is -2.13. The van der Waals surface area contributed by atoms with Crippen LogP contribution in [0.5, 0.6) is 0 Å². The van der Waals surface area contributed by atoms with Crippen LogP contribution in [-0.2, 0) is 16.1 Å². The molecule has 2 atom stereocenters. The van der Waals surface area contributed by atoms with Crippen LogP contribution in [0.15, 0.2) is 18.2 Å². The molecule has 0 aliphatic rings. The van der Waals surface area contributed by atoms with Gasteiger partial charge in [0.25, 0.3) is 0 Å². The van der Waals surface area contributed by atoms with Crippen molar-refractivity contribution in [3.8, 4) is 0 Å². The van der Waals surface area contributed by atoms with E-state index >= 15 is 0 Å². The Morgan fingerprint density at radius 1 is 1.56 bits per heavy atom. The van der Waals surface area contributed by atoms with Crippen molar-refractivity contribution >= 4 is 14.7 Å². The molecule has 0 saturated heterocycles. The first-order chi connectivity index (χ1) is 8.54. The Morgan fingerprint density at radius 2 is 2.28 bits per heavy atom. The summed E-state index contributed by atoms with van der Waals surface area (Å²) < 4.78 is 31.0. The Kier molecular flexibility index (Phi) is 6.12. The number of carboxylic acids is 1. The van der Waals surface area contributed by atoms with E-state index in [-0.39, 0.29) is 27.5 Å². The van der Waals surface area contributed by atoms with Gasteiger partial charge in [-0.1, -0.05) is 14.8 Å². The maximum Gasteiger partial charge on any atom is 0.323 e. The molecule has 7 heteroatoms. The number of rotatable bonds is 7. The molecular formula is C11H14F2NO3P. The van der Waals surface area contributed by atoms with Gasteiger partial charge in [0.05, 0.1) is 13.2 Å². The molecule has 100 valence electrons. The highest BCUT2D eigenvalue weighted by atomic mass is 31.1. The molecule has 2 unspecified atom stereocenters. The Balaban J connectivity index is 2.47. The van der Waals surface area contributed by atoms with Crippen molar-refractivity contribution < 1.29 is 23.4 Å². The monoisotopic (exact) mass is 277 g/mol. The smallest absolute Gasteiger partial charge is 0.323 e. The fraction of sp³-hybridized carbons (Fsp3) is 0.364. The molecule has 1 aromatic carbocycles. The molecule has 18 heavy (non-hydrogen) atoms. The molecule has 0 spiro atoms. The van der Waals surface area contributed by atoms with Gasteiger partial charge < -0.3 is 9.84 Å². The third-order valence-corrected chi connectivity index (χ3v) is 2.81. The average Bonchev–Trinajstić information content (AvgIpc) is 2.30. The summed E-state index contributed by atoms with van der Waals surface area (Å²) in [5.74, 6) is -2.38. The summed E-state index contributed by atoms with van der Waals surface area (Å²) >= 11 is 0. The number of hydrogen-bond donors (Lipinski definition) is 2. The maximum atomic E-state index is 13.2. The van der Waals surface area contributed by atoms with Crippen LogP contribution >= 0.6 is 8.73 Å². The van der Waals surface area contributed by atoms with Crippen LogP contribution in [0.25, 0.3) is 0 Å². The van der Waals surface area contributed by atoms with E-state index in [1.165, 1.54) is 6.07 Å². The minimum atomic E-state index is -1.02. The number of halogens is 2. The van der Waals surface area contributed by atoms with Crippen LogP contribution in [-0.4, -0.2) is 30.4 Å². The highest BCUT2D eigenvalue weighted by Gasteiger charge is 2.16. The number of nitrogens with one attached hydrogen (secondary N) is 1. The van der Waals surface area contributed by atoms with Crippen molar-refractivity contribution in [2.75, 3.05) is 13.3 Å². The topological polar surface area (TPSA) is 58.6 Å². The number of benzene rings is 1. The van der Waals surface area contributed by atoms with E-state index < -0.39 is 23.6 Å². The largest absolute Gasteiger partial charge is 0.480 e. The first-order valence-corrected chi connectivity index (χ1v) is 6.71. The summed E-state index contributed by atoms with van der Waals surface area (Å²) in [6, 6.07) is 2.34. The molecule has 1 rings (SSSR count). The summed E-state index contributed by atoms with van der Waals surface area (Å²) in [6.45, 7) is 1.63. The second kappa shape index (κ2) is 7.36. The van der Waals surface area contributed by atoms with Crippen molar-refractivity contribution in [2.45, 2.75) is 12.6 Å². The van der Waals surface area contributed by atoms with Gasteiger partial charge in [0.2, 0.25) is 0 Å². The van der Waals surface area contributed by atoms with Crippen LogP contribution in [0.1, 0.15) is 5.56 Å². The minimum Gasteiger partial charge on any atom is -0.480 e. The van der Waals surface area contributed by atoms with Gasteiger partial charge in [0.15, 0.2) is 0 Å². The van der Waals surface area contributed by atoms with Crippen LogP contribution in [0.2, 0.25) is 0 Å². The van der Waals surface area contributed by atoms with Gasteiger partial charge in [0, 0.05) is 11.6 Å². The molecule has 4 nitrogen and oxygen atoms in total. The van der Waals surface area contributed by atoms with E-state index in [0.29, 0.717) is 0 Å². The molecule has 0 radical (unpaired) electrons. The minimum absolute atomic E-state index is 0.0764. The van der Waals surface area contributed by atoms with Crippen molar-refractivity contribution in [2.24, 2.45) is 0 Å². The van der Waals surface area contributed by atoms with Crippen molar-refractivity contribution in [3.05, 3.63) is 35.4 Å². The van der Waals surface area contributed by atoms with Crippen LogP contribution in [0.3, 0.4) is 0 Å². The number of carbonyl (C=O) groups is 1. The second-order valence-corrected chi connectivity index (χ2v) is 4.32. The fourth-order valence-electron chi connectivity index (χ4n) is 1.27. The molecule has 0 aromatic heterocycles. The lowest BCUT2D eigenvalue weighted by Crippen LogP contribution is -2.35. The van der Waals surface area contributed by atoms with E-state index in [1.54, 1.807) is 6.66 Å². The van der Waals surface area contributed by atoms with Crippen LogP contribution < -0.4 is 5.09 Å². The van der Waals surface area contributed by atoms with E-state index in [9.17, 15) is 13.6 Å². The average molecular weight is 277 g/mol. The third kappa shape index (κ3) is 4.64. The molecule has 0 heterocycles. The molecule has 0 aliphatic carbocycles. The number of carboxylic acid groups (broad SMARTS) is 1. The number of ether oxygens (including phenoxy) is 1. The lowest BCUT2D eigenvalue weighted by molar-refractivity contribution is -0.140. The van der Waals surface area contributed by atoms with Crippen molar-refractivity contribution in [3.63, 3.8) is 0 Å². The van der Waals surface area contributed by atoms with Crippen LogP contribution in [0, 0.1) is 11.6 Å². The highest BCUT2D eigenvalue weighted by Crippen LogP contribution is 2.11. The van der Waals surface area contributed by atoms with E-state index in [4.69, 9.17) is 9.84 Å². The SMILES string of the molecule is CPNC(COCc1ccc(F)cc1F)C(=O)O.